The summed E-state index contributed by atoms with van der Waals surface area (Å²) in [5.41, 5.74) is 7.07. The summed E-state index contributed by atoms with van der Waals surface area (Å²) in [4.78, 5) is 5.04. The minimum atomic E-state index is 0.851. The number of hydrogen-bond donors (Lipinski definition) is 0. The molecule has 0 amide bonds. The van der Waals surface area contributed by atoms with Gasteiger partial charge in [0.25, 0.3) is 0 Å². The molecule has 0 saturated heterocycles. The molecule has 0 aliphatic carbocycles. The molecule has 2 aromatic heterocycles. The van der Waals surface area contributed by atoms with Crippen LogP contribution in [0.15, 0.2) is 109 Å². The fraction of sp³-hybridized carbons (Fsp3) is 0.0345. The van der Waals surface area contributed by atoms with E-state index in [4.69, 9.17) is 14.8 Å². The molecule has 158 valence electrons. The summed E-state index contributed by atoms with van der Waals surface area (Å²) in [7, 11) is 1.68. The zero-order valence-electron chi connectivity index (χ0n) is 18.1. The second kappa shape index (κ2) is 7.92. The SMILES string of the molecule is COc1ccc(-c2ccc3nc4c(cc3c2)c(-c2ccccc2)nn4-c2ccccc2)cc1. The molecule has 0 unspecified atom stereocenters. The van der Waals surface area contributed by atoms with Crippen molar-refractivity contribution in [2.75, 3.05) is 7.11 Å². The molecule has 0 atom stereocenters. The molecule has 6 aromatic rings. The van der Waals surface area contributed by atoms with E-state index in [1.54, 1.807) is 7.11 Å². The molecule has 4 aromatic carbocycles. The van der Waals surface area contributed by atoms with Crippen LogP contribution in [-0.4, -0.2) is 21.9 Å². The number of fused-ring (bicyclic) bond motifs is 2. The highest BCUT2D eigenvalue weighted by Crippen LogP contribution is 2.33. The van der Waals surface area contributed by atoms with Crippen molar-refractivity contribution in [3.8, 4) is 33.8 Å². The van der Waals surface area contributed by atoms with Gasteiger partial charge in [-0.3, -0.25) is 0 Å². The average molecular weight is 428 g/mol. The molecule has 0 radical (unpaired) electrons. The van der Waals surface area contributed by atoms with E-state index in [2.05, 4.69) is 60.7 Å². The summed E-state index contributed by atoms with van der Waals surface area (Å²) in [6.45, 7) is 0. The summed E-state index contributed by atoms with van der Waals surface area (Å²) in [6, 6.07) is 37.2. The zero-order valence-corrected chi connectivity index (χ0v) is 18.1. The minimum Gasteiger partial charge on any atom is -0.497 e. The van der Waals surface area contributed by atoms with Gasteiger partial charge in [-0.25, -0.2) is 9.67 Å². The van der Waals surface area contributed by atoms with Crippen LogP contribution >= 0.6 is 0 Å². The van der Waals surface area contributed by atoms with Crippen LogP contribution in [-0.2, 0) is 0 Å². The van der Waals surface area contributed by atoms with Gasteiger partial charge in [0.2, 0.25) is 0 Å². The van der Waals surface area contributed by atoms with Crippen LogP contribution in [0.1, 0.15) is 0 Å². The van der Waals surface area contributed by atoms with E-state index in [0.717, 1.165) is 55.8 Å². The monoisotopic (exact) mass is 427 g/mol. The lowest BCUT2D eigenvalue weighted by Gasteiger charge is -2.07. The fourth-order valence-corrected chi connectivity index (χ4v) is 4.22. The molecule has 0 saturated carbocycles. The van der Waals surface area contributed by atoms with Gasteiger partial charge in [-0.1, -0.05) is 66.7 Å². The van der Waals surface area contributed by atoms with Crippen LogP contribution < -0.4 is 4.74 Å². The number of ether oxygens (including phenoxy) is 1. The largest absolute Gasteiger partial charge is 0.497 e. The van der Waals surface area contributed by atoms with E-state index in [1.807, 2.05) is 53.2 Å². The van der Waals surface area contributed by atoms with Crippen LogP contribution in [0.4, 0.5) is 0 Å². The molecule has 0 fully saturated rings. The molecule has 33 heavy (non-hydrogen) atoms. The van der Waals surface area contributed by atoms with Crippen molar-refractivity contribution in [3.63, 3.8) is 0 Å². The Labute approximate surface area is 191 Å². The lowest BCUT2D eigenvalue weighted by molar-refractivity contribution is 0.415. The Balaban J connectivity index is 1.58. The lowest BCUT2D eigenvalue weighted by atomic mass is 10.0. The van der Waals surface area contributed by atoms with Crippen LogP contribution in [0, 0.1) is 0 Å². The first-order valence-corrected chi connectivity index (χ1v) is 10.9. The van der Waals surface area contributed by atoms with Crippen LogP contribution in [0.5, 0.6) is 5.75 Å². The van der Waals surface area contributed by atoms with Gasteiger partial charge < -0.3 is 4.74 Å². The third kappa shape index (κ3) is 3.42. The number of rotatable bonds is 4. The molecule has 0 N–H and O–H groups in total. The molecule has 4 nitrogen and oxygen atoms in total. The van der Waals surface area contributed by atoms with Crippen LogP contribution in [0.3, 0.4) is 0 Å². The summed E-state index contributed by atoms with van der Waals surface area (Å²) in [6.07, 6.45) is 0. The number of para-hydroxylation sites is 1. The number of benzene rings is 4. The third-order valence-corrected chi connectivity index (χ3v) is 5.92. The maximum atomic E-state index is 5.30. The lowest BCUT2D eigenvalue weighted by Crippen LogP contribution is -1.97. The maximum absolute atomic E-state index is 5.30. The zero-order chi connectivity index (χ0) is 22.2. The first kappa shape index (κ1) is 19.3. The van der Waals surface area contributed by atoms with Gasteiger partial charge >= 0.3 is 0 Å². The van der Waals surface area contributed by atoms with Crippen molar-refractivity contribution in [1.82, 2.24) is 14.8 Å². The van der Waals surface area contributed by atoms with E-state index in [9.17, 15) is 0 Å². The van der Waals surface area contributed by atoms with Gasteiger partial charge in [-0.15, -0.1) is 0 Å². The Bertz CT molecular complexity index is 1570. The van der Waals surface area contributed by atoms with Crippen molar-refractivity contribution in [2.45, 2.75) is 0 Å². The van der Waals surface area contributed by atoms with E-state index in [0.29, 0.717) is 0 Å². The normalized spacial score (nSPS) is 11.2. The first-order valence-electron chi connectivity index (χ1n) is 10.9. The highest BCUT2D eigenvalue weighted by atomic mass is 16.5. The first-order chi connectivity index (χ1) is 16.3. The topological polar surface area (TPSA) is 39.9 Å². The summed E-state index contributed by atoms with van der Waals surface area (Å²) >= 11 is 0. The van der Waals surface area contributed by atoms with E-state index in [1.165, 1.54) is 0 Å². The molecule has 0 aliphatic rings. The molecule has 4 heteroatoms. The van der Waals surface area contributed by atoms with Gasteiger partial charge in [-0.2, -0.15) is 5.10 Å². The van der Waals surface area contributed by atoms with Gasteiger partial charge in [0.1, 0.15) is 11.4 Å². The van der Waals surface area contributed by atoms with E-state index in [-0.39, 0.29) is 0 Å². The van der Waals surface area contributed by atoms with Gasteiger partial charge in [0.15, 0.2) is 5.65 Å². The molecular weight excluding hydrogens is 406 g/mol. The van der Waals surface area contributed by atoms with Gasteiger partial charge in [0.05, 0.1) is 18.3 Å². The summed E-state index contributed by atoms with van der Waals surface area (Å²) in [5, 5.41) is 7.11. The van der Waals surface area contributed by atoms with Crippen molar-refractivity contribution in [3.05, 3.63) is 109 Å². The van der Waals surface area contributed by atoms with Crippen LogP contribution in [0.2, 0.25) is 0 Å². The molecule has 2 heterocycles. The van der Waals surface area contributed by atoms with Crippen molar-refractivity contribution in [1.29, 1.82) is 0 Å². The summed E-state index contributed by atoms with van der Waals surface area (Å²) < 4.78 is 7.24. The Morgan fingerprint density at radius 1 is 0.667 bits per heavy atom. The number of aromatic nitrogens is 3. The Morgan fingerprint density at radius 3 is 2.09 bits per heavy atom. The van der Waals surface area contributed by atoms with Crippen molar-refractivity contribution < 1.29 is 4.74 Å². The number of hydrogen-bond acceptors (Lipinski definition) is 3. The molecule has 0 aliphatic heterocycles. The smallest absolute Gasteiger partial charge is 0.164 e. The molecule has 0 spiro atoms. The predicted octanol–water partition coefficient (Wildman–Crippen LogP) is 6.92. The van der Waals surface area contributed by atoms with Gasteiger partial charge in [-0.05, 0) is 53.6 Å². The highest BCUT2D eigenvalue weighted by molar-refractivity contribution is 6.00. The minimum absolute atomic E-state index is 0.851. The third-order valence-electron chi connectivity index (χ3n) is 5.92. The standard InChI is InChI=1S/C29H21N3O/c1-33-25-15-12-20(13-16-25)22-14-17-27-23(18-22)19-26-28(21-8-4-2-5-9-21)31-32(29(26)30-27)24-10-6-3-7-11-24/h2-19H,1H3. The van der Waals surface area contributed by atoms with Gasteiger partial charge in [0, 0.05) is 16.3 Å². The Kier molecular flexibility index (Phi) is 4.62. The second-order valence-electron chi connectivity index (χ2n) is 7.96. The predicted molar refractivity (Wildman–Crippen MR) is 134 cm³/mol. The quantitative estimate of drug-likeness (QED) is 0.307. The number of pyridine rings is 1. The Hall–Kier alpha value is -4.44. The summed E-state index contributed by atoms with van der Waals surface area (Å²) in [5.74, 6) is 0.851. The van der Waals surface area contributed by atoms with Crippen molar-refractivity contribution >= 4 is 21.9 Å². The van der Waals surface area contributed by atoms with Crippen LogP contribution in [0.25, 0.3) is 50.0 Å². The fourth-order valence-electron chi connectivity index (χ4n) is 4.22. The Morgan fingerprint density at radius 2 is 1.36 bits per heavy atom. The second-order valence-corrected chi connectivity index (χ2v) is 7.96. The van der Waals surface area contributed by atoms with E-state index >= 15 is 0 Å². The molecule has 0 bridgehead atoms. The average Bonchev–Trinajstić information content (AvgIpc) is 3.26. The number of methoxy groups -OCH3 is 1. The molecular formula is C29H21N3O. The highest BCUT2D eigenvalue weighted by Gasteiger charge is 2.16. The molecule has 6 rings (SSSR count). The van der Waals surface area contributed by atoms with E-state index < -0.39 is 0 Å². The number of nitrogens with zero attached hydrogens (tertiary/aromatic N) is 3. The maximum Gasteiger partial charge on any atom is 0.164 e. The van der Waals surface area contributed by atoms with Crippen molar-refractivity contribution in [2.24, 2.45) is 0 Å².